The summed E-state index contributed by atoms with van der Waals surface area (Å²) in [5, 5.41) is 13.8. The predicted octanol–water partition coefficient (Wildman–Crippen LogP) is 3.93. The summed E-state index contributed by atoms with van der Waals surface area (Å²) in [4.78, 5) is 17.3. The van der Waals surface area contributed by atoms with Crippen LogP contribution < -0.4 is 10.9 Å². The molecule has 28 heavy (non-hydrogen) atoms. The quantitative estimate of drug-likeness (QED) is 0.697. The van der Waals surface area contributed by atoms with Crippen molar-refractivity contribution in [1.82, 2.24) is 5.32 Å². The van der Waals surface area contributed by atoms with Gasteiger partial charge in [-0.2, -0.15) is 0 Å². The Bertz CT molecular complexity index is 1090. The summed E-state index contributed by atoms with van der Waals surface area (Å²) < 4.78 is 11.4. The zero-order chi connectivity index (χ0) is 19.5. The van der Waals surface area contributed by atoms with Gasteiger partial charge in [-0.3, -0.25) is 4.79 Å². The number of phenolic OH excluding ortho intramolecular Hbond substituents is 1. The fourth-order valence-electron chi connectivity index (χ4n) is 3.12. The number of halogens is 1. The van der Waals surface area contributed by atoms with Crippen molar-refractivity contribution in [1.29, 1.82) is 0 Å². The molecule has 0 spiro atoms. The van der Waals surface area contributed by atoms with Gasteiger partial charge in [0.1, 0.15) is 16.9 Å². The molecule has 1 aliphatic rings. The molecule has 4 rings (SSSR count). The van der Waals surface area contributed by atoms with Crippen molar-refractivity contribution < 1.29 is 19.1 Å². The van der Waals surface area contributed by atoms with Gasteiger partial charge in [-0.1, -0.05) is 17.7 Å². The Morgan fingerprint density at radius 2 is 2.14 bits per heavy atom. The van der Waals surface area contributed by atoms with E-state index in [4.69, 9.17) is 20.8 Å². The molecule has 1 unspecified atom stereocenters. The van der Waals surface area contributed by atoms with Crippen LogP contribution in [-0.4, -0.2) is 30.3 Å². The van der Waals surface area contributed by atoms with Crippen molar-refractivity contribution in [2.45, 2.75) is 18.9 Å². The van der Waals surface area contributed by atoms with Gasteiger partial charge in [0.25, 0.3) is 5.91 Å². The maximum absolute atomic E-state index is 12.8. The number of nitrogens with one attached hydrogen (secondary N) is 1. The van der Waals surface area contributed by atoms with Crippen LogP contribution in [0.3, 0.4) is 0 Å². The minimum atomic E-state index is -0.296. The molecule has 1 saturated heterocycles. The van der Waals surface area contributed by atoms with Crippen LogP contribution in [0.1, 0.15) is 23.2 Å². The van der Waals surface area contributed by atoms with E-state index < -0.39 is 0 Å². The largest absolute Gasteiger partial charge is 0.508 e. The van der Waals surface area contributed by atoms with Crippen LogP contribution >= 0.6 is 11.6 Å². The highest BCUT2D eigenvalue weighted by Crippen LogP contribution is 2.21. The fraction of sp³-hybridized carbons (Fsp3) is 0.238. The highest BCUT2D eigenvalue weighted by Gasteiger charge is 2.18. The van der Waals surface area contributed by atoms with Crippen LogP contribution in [0.25, 0.3) is 11.0 Å². The van der Waals surface area contributed by atoms with E-state index in [9.17, 15) is 9.90 Å². The number of carbonyl (C=O) groups excluding carboxylic acids is 1. The van der Waals surface area contributed by atoms with E-state index in [0.717, 1.165) is 19.4 Å². The standard InChI is InChI=1S/C21H19ClN2O4/c22-14-3-1-4-15(10-14)24-21-18(20(26)23-12-17-5-2-8-27-17)9-13-6-7-16(25)11-19(13)28-21/h1,3-4,6-7,9-11,17,25H,2,5,8,12H2,(H,23,26). The van der Waals surface area contributed by atoms with Crippen molar-refractivity contribution >= 4 is 34.2 Å². The maximum atomic E-state index is 12.8. The number of rotatable bonds is 4. The minimum absolute atomic E-state index is 0.0339. The zero-order valence-electron chi connectivity index (χ0n) is 15.0. The lowest BCUT2D eigenvalue weighted by molar-refractivity contribution is 0.0854. The van der Waals surface area contributed by atoms with Gasteiger partial charge in [-0.15, -0.1) is 0 Å². The Kier molecular flexibility index (Phi) is 5.32. The number of carbonyl (C=O) groups is 1. The fourth-order valence-corrected chi connectivity index (χ4v) is 3.31. The minimum Gasteiger partial charge on any atom is -0.508 e. The molecule has 2 heterocycles. The molecule has 2 aromatic carbocycles. The Balaban J connectivity index is 1.76. The molecule has 0 bridgehead atoms. The molecule has 0 saturated carbocycles. The number of amides is 1. The van der Waals surface area contributed by atoms with Gasteiger partial charge in [-0.05, 0) is 49.2 Å². The van der Waals surface area contributed by atoms with E-state index in [-0.39, 0.29) is 23.3 Å². The van der Waals surface area contributed by atoms with Crippen LogP contribution in [0.5, 0.6) is 5.75 Å². The van der Waals surface area contributed by atoms with Crippen LogP contribution in [0.4, 0.5) is 5.69 Å². The average molecular weight is 399 g/mol. The highest BCUT2D eigenvalue weighted by molar-refractivity contribution is 6.30. The van der Waals surface area contributed by atoms with Crippen molar-refractivity contribution in [3.05, 3.63) is 64.7 Å². The van der Waals surface area contributed by atoms with Gasteiger partial charge in [-0.25, -0.2) is 4.99 Å². The van der Waals surface area contributed by atoms with Crippen molar-refractivity contribution in [2.75, 3.05) is 13.2 Å². The lowest BCUT2D eigenvalue weighted by atomic mass is 10.1. The average Bonchev–Trinajstić information content (AvgIpc) is 3.19. The van der Waals surface area contributed by atoms with Crippen LogP contribution in [-0.2, 0) is 4.74 Å². The number of nitrogens with zero attached hydrogens (tertiary/aromatic N) is 1. The Hall–Kier alpha value is -2.83. The first-order valence-corrected chi connectivity index (χ1v) is 9.43. The first-order valence-electron chi connectivity index (χ1n) is 9.05. The topological polar surface area (TPSA) is 84.1 Å². The van der Waals surface area contributed by atoms with Crippen LogP contribution in [0.15, 0.2) is 57.9 Å². The lowest BCUT2D eigenvalue weighted by Crippen LogP contribution is -2.34. The number of ether oxygens (including phenoxy) is 1. The summed E-state index contributed by atoms with van der Waals surface area (Å²) in [6.45, 7) is 1.16. The second-order valence-electron chi connectivity index (χ2n) is 6.62. The van der Waals surface area contributed by atoms with Crippen LogP contribution in [0.2, 0.25) is 5.02 Å². The van der Waals surface area contributed by atoms with Crippen molar-refractivity contribution in [3.63, 3.8) is 0 Å². The number of fused-ring (bicyclic) bond motifs is 1. The van der Waals surface area contributed by atoms with E-state index >= 15 is 0 Å². The van der Waals surface area contributed by atoms with E-state index in [1.54, 1.807) is 42.5 Å². The summed E-state index contributed by atoms with van der Waals surface area (Å²) in [7, 11) is 0. The Morgan fingerprint density at radius 1 is 1.25 bits per heavy atom. The monoisotopic (exact) mass is 398 g/mol. The van der Waals surface area contributed by atoms with Gasteiger partial charge in [0.15, 0.2) is 0 Å². The van der Waals surface area contributed by atoms with Gasteiger partial charge >= 0.3 is 0 Å². The Morgan fingerprint density at radius 3 is 2.93 bits per heavy atom. The molecule has 0 radical (unpaired) electrons. The molecule has 7 heteroatoms. The summed E-state index contributed by atoms with van der Waals surface area (Å²) >= 11 is 6.03. The number of phenols is 1. The second kappa shape index (κ2) is 8.04. The molecule has 6 nitrogen and oxygen atoms in total. The molecule has 1 aliphatic heterocycles. The lowest BCUT2D eigenvalue weighted by Gasteiger charge is -2.11. The number of aromatic hydroxyl groups is 1. The molecule has 144 valence electrons. The third-order valence-electron chi connectivity index (χ3n) is 4.53. The van der Waals surface area contributed by atoms with Gasteiger partial charge in [0.2, 0.25) is 5.55 Å². The second-order valence-corrected chi connectivity index (χ2v) is 7.06. The molecule has 1 atom stereocenters. The molecule has 0 aliphatic carbocycles. The summed E-state index contributed by atoms with van der Waals surface area (Å²) in [6.07, 6.45) is 1.97. The maximum Gasteiger partial charge on any atom is 0.256 e. The molecule has 2 N–H and O–H groups in total. The van der Waals surface area contributed by atoms with Crippen molar-refractivity contribution in [2.24, 2.45) is 4.99 Å². The predicted molar refractivity (Wildman–Crippen MR) is 106 cm³/mol. The van der Waals surface area contributed by atoms with Gasteiger partial charge < -0.3 is 19.6 Å². The first kappa shape index (κ1) is 18.5. The molecular formula is C21H19ClN2O4. The first-order chi connectivity index (χ1) is 13.6. The third kappa shape index (κ3) is 4.18. The normalized spacial score (nSPS) is 17.2. The molecule has 1 amide bonds. The summed E-state index contributed by atoms with van der Waals surface area (Å²) in [5.74, 6) is -0.226. The summed E-state index contributed by atoms with van der Waals surface area (Å²) in [6, 6.07) is 13.4. The number of hydrogen-bond acceptors (Lipinski definition) is 5. The zero-order valence-corrected chi connectivity index (χ0v) is 15.8. The molecule has 1 aromatic heterocycles. The van der Waals surface area contributed by atoms with E-state index in [1.165, 1.54) is 6.07 Å². The van der Waals surface area contributed by atoms with E-state index in [1.807, 2.05) is 0 Å². The molecule has 3 aromatic rings. The van der Waals surface area contributed by atoms with Crippen molar-refractivity contribution in [3.8, 4) is 5.75 Å². The molecule has 1 fully saturated rings. The van der Waals surface area contributed by atoms with E-state index in [0.29, 0.717) is 33.8 Å². The van der Waals surface area contributed by atoms with Gasteiger partial charge in [0.05, 0.1) is 11.8 Å². The number of benzene rings is 2. The van der Waals surface area contributed by atoms with Gasteiger partial charge in [0, 0.05) is 29.6 Å². The SMILES string of the molecule is O=C(NCC1CCCO1)c1cc2ccc(O)cc2oc1=Nc1cccc(Cl)c1. The van der Waals surface area contributed by atoms with E-state index in [2.05, 4.69) is 10.3 Å². The van der Waals surface area contributed by atoms with Crippen LogP contribution in [0, 0.1) is 0 Å². The Labute approximate surface area is 166 Å². The highest BCUT2D eigenvalue weighted by atomic mass is 35.5. The number of hydrogen-bond donors (Lipinski definition) is 2. The molecular weight excluding hydrogens is 380 g/mol. The smallest absolute Gasteiger partial charge is 0.256 e. The summed E-state index contributed by atoms with van der Waals surface area (Å²) in [5.41, 5.74) is 1.43. The third-order valence-corrected chi connectivity index (χ3v) is 4.77.